The Hall–Kier alpha value is -3.27. The van der Waals surface area contributed by atoms with Crippen LogP contribution in [0.25, 0.3) is 0 Å². The molecule has 1 aliphatic rings. The first-order chi connectivity index (χ1) is 13.2. The topological polar surface area (TPSA) is 47.6 Å². The van der Waals surface area contributed by atoms with E-state index in [1.807, 2.05) is 42.5 Å². The first kappa shape index (κ1) is 17.2. The molecule has 4 nitrogen and oxygen atoms in total. The molecular weight excluding hydrogens is 338 g/mol. The van der Waals surface area contributed by atoms with Gasteiger partial charge in [0.25, 0.3) is 5.91 Å². The fourth-order valence-corrected chi connectivity index (χ4v) is 3.30. The van der Waals surface area contributed by atoms with Gasteiger partial charge in [-0.25, -0.2) is 0 Å². The number of benzene rings is 3. The Labute approximate surface area is 158 Å². The highest BCUT2D eigenvalue weighted by Crippen LogP contribution is 2.31. The van der Waals surface area contributed by atoms with Crippen molar-refractivity contribution in [3.8, 4) is 11.5 Å². The summed E-state index contributed by atoms with van der Waals surface area (Å²) in [6.45, 7) is 3.08. The van der Waals surface area contributed by atoms with Gasteiger partial charge in [-0.15, -0.1) is 0 Å². The lowest BCUT2D eigenvalue weighted by Gasteiger charge is -2.23. The molecule has 0 unspecified atom stereocenters. The van der Waals surface area contributed by atoms with E-state index in [9.17, 15) is 4.79 Å². The highest BCUT2D eigenvalue weighted by Gasteiger charge is 2.21. The van der Waals surface area contributed by atoms with E-state index >= 15 is 0 Å². The summed E-state index contributed by atoms with van der Waals surface area (Å²) in [5, 5.41) is 3.18. The van der Waals surface area contributed by atoms with E-state index in [2.05, 4.69) is 24.4 Å². The quantitative estimate of drug-likeness (QED) is 0.756. The lowest BCUT2D eigenvalue weighted by Crippen LogP contribution is -2.30. The minimum absolute atomic E-state index is 0.149. The van der Waals surface area contributed by atoms with Gasteiger partial charge in [-0.1, -0.05) is 54.6 Å². The number of aryl methyl sites for hydroxylation is 1. The Morgan fingerprint density at radius 2 is 1.59 bits per heavy atom. The highest BCUT2D eigenvalue weighted by molar-refractivity contribution is 5.95. The molecule has 27 heavy (non-hydrogen) atoms. The average Bonchev–Trinajstić information content (AvgIpc) is 2.73. The van der Waals surface area contributed by atoms with Gasteiger partial charge in [-0.3, -0.25) is 4.79 Å². The third-order valence-corrected chi connectivity index (χ3v) is 4.71. The van der Waals surface area contributed by atoms with Gasteiger partial charge in [-0.2, -0.15) is 0 Å². The van der Waals surface area contributed by atoms with Crippen LogP contribution in [0.4, 0.5) is 0 Å². The minimum Gasteiger partial charge on any atom is -0.486 e. The summed E-state index contributed by atoms with van der Waals surface area (Å²) >= 11 is 0. The van der Waals surface area contributed by atoms with Gasteiger partial charge in [0.15, 0.2) is 11.5 Å². The number of hydrogen-bond acceptors (Lipinski definition) is 3. The molecule has 1 amide bonds. The fourth-order valence-electron chi connectivity index (χ4n) is 3.30. The van der Waals surface area contributed by atoms with Gasteiger partial charge in [0.2, 0.25) is 0 Å². The smallest absolute Gasteiger partial charge is 0.252 e. The number of rotatable bonds is 4. The molecule has 0 fully saturated rings. The number of carbonyl (C=O) groups excluding carboxylic acids is 1. The first-order valence-electron chi connectivity index (χ1n) is 9.03. The lowest BCUT2D eigenvalue weighted by atomic mass is 9.94. The van der Waals surface area contributed by atoms with Crippen LogP contribution < -0.4 is 14.8 Å². The summed E-state index contributed by atoms with van der Waals surface area (Å²) in [4.78, 5) is 13.0. The van der Waals surface area contributed by atoms with Crippen LogP contribution in [0.15, 0.2) is 72.8 Å². The molecule has 136 valence electrons. The van der Waals surface area contributed by atoms with E-state index in [-0.39, 0.29) is 11.9 Å². The molecule has 0 saturated heterocycles. The summed E-state index contributed by atoms with van der Waals surface area (Å²) in [5.74, 6) is 1.14. The Morgan fingerprint density at radius 1 is 0.889 bits per heavy atom. The highest BCUT2D eigenvalue weighted by atomic mass is 16.6. The Morgan fingerprint density at radius 3 is 2.37 bits per heavy atom. The standard InChI is InChI=1S/C23H21NO3/c1-16-7-5-6-10-19(16)22(17-8-3-2-4-9-17)24-23(25)18-11-12-20-21(15-18)27-14-13-26-20/h2-12,15,22H,13-14H2,1H3,(H,24,25)/t22-/m1/s1. The van der Waals surface area contributed by atoms with Crippen LogP contribution in [0.3, 0.4) is 0 Å². The Bertz CT molecular complexity index is 953. The number of carbonyl (C=O) groups is 1. The zero-order valence-electron chi connectivity index (χ0n) is 15.1. The summed E-state index contributed by atoms with van der Waals surface area (Å²) in [6, 6.07) is 23.2. The summed E-state index contributed by atoms with van der Waals surface area (Å²) < 4.78 is 11.1. The minimum atomic E-state index is -0.229. The molecule has 1 N–H and O–H groups in total. The second-order valence-corrected chi connectivity index (χ2v) is 6.53. The van der Waals surface area contributed by atoms with Crippen LogP contribution in [-0.4, -0.2) is 19.1 Å². The zero-order chi connectivity index (χ0) is 18.6. The maximum atomic E-state index is 13.0. The Kier molecular flexibility index (Phi) is 4.79. The molecule has 4 rings (SSSR count). The van der Waals surface area contributed by atoms with Gasteiger partial charge in [-0.05, 0) is 41.8 Å². The molecule has 1 heterocycles. The van der Waals surface area contributed by atoms with Crippen molar-refractivity contribution in [3.63, 3.8) is 0 Å². The van der Waals surface area contributed by atoms with Crippen LogP contribution in [0.5, 0.6) is 11.5 Å². The maximum Gasteiger partial charge on any atom is 0.252 e. The van der Waals surface area contributed by atoms with Crippen LogP contribution in [0, 0.1) is 6.92 Å². The van der Waals surface area contributed by atoms with Gasteiger partial charge < -0.3 is 14.8 Å². The van der Waals surface area contributed by atoms with Crippen molar-refractivity contribution in [3.05, 3.63) is 95.1 Å². The van der Waals surface area contributed by atoms with Gasteiger partial charge in [0.05, 0.1) is 6.04 Å². The monoisotopic (exact) mass is 359 g/mol. The second kappa shape index (κ2) is 7.54. The van der Waals surface area contributed by atoms with Crippen molar-refractivity contribution in [2.75, 3.05) is 13.2 Å². The number of hydrogen-bond donors (Lipinski definition) is 1. The van der Waals surface area contributed by atoms with Crippen LogP contribution in [0.1, 0.15) is 33.1 Å². The molecule has 1 atom stereocenters. The molecule has 0 bridgehead atoms. The Balaban J connectivity index is 1.66. The number of amides is 1. The first-order valence-corrected chi connectivity index (χ1v) is 9.03. The van der Waals surface area contributed by atoms with Crippen molar-refractivity contribution in [1.82, 2.24) is 5.32 Å². The molecule has 0 aliphatic carbocycles. The van der Waals surface area contributed by atoms with Crippen molar-refractivity contribution < 1.29 is 14.3 Å². The van der Waals surface area contributed by atoms with Gasteiger partial charge in [0, 0.05) is 5.56 Å². The summed E-state index contributed by atoms with van der Waals surface area (Å²) in [5.41, 5.74) is 3.80. The molecule has 0 aromatic heterocycles. The second-order valence-electron chi connectivity index (χ2n) is 6.53. The molecular formula is C23H21NO3. The normalized spacial score (nSPS) is 13.7. The van der Waals surface area contributed by atoms with Crippen LogP contribution in [0.2, 0.25) is 0 Å². The number of fused-ring (bicyclic) bond motifs is 1. The van der Waals surface area contributed by atoms with E-state index in [0.29, 0.717) is 30.3 Å². The van der Waals surface area contributed by atoms with Crippen LogP contribution >= 0.6 is 0 Å². The number of ether oxygens (including phenoxy) is 2. The SMILES string of the molecule is Cc1ccccc1[C@H](NC(=O)c1ccc2c(c1)OCCO2)c1ccccc1. The fraction of sp³-hybridized carbons (Fsp3) is 0.174. The molecule has 4 heteroatoms. The largest absolute Gasteiger partial charge is 0.486 e. The summed E-state index contributed by atoms with van der Waals surface area (Å²) in [7, 11) is 0. The van der Waals surface area contributed by atoms with E-state index < -0.39 is 0 Å². The van der Waals surface area contributed by atoms with Crippen molar-refractivity contribution in [2.45, 2.75) is 13.0 Å². The lowest BCUT2D eigenvalue weighted by molar-refractivity contribution is 0.0941. The third-order valence-electron chi connectivity index (χ3n) is 4.71. The molecule has 0 spiro atoms. The van der Waals surface area contributed by atoms with E-state index in [4.69, 9.17) is 9.47 Å². The van der Waals surface area contributed by atoms with Crippen molar-refractivity contribution in [2.24, 2.45) is 0 Å². The van der Waals surface area contributed by atoms with Gasteiger partial charge in [0.1, 0.15) is 13.2 Å². The van der Waals surface area contributed by atoms with E-state index in [1.54, 1.807) is 18.2 Å². The molecule has 0 saturated carbocycles. The van der Waals surface area contributed by atoms with E-state index in [0.717, 1.165) is 16.7 Å². The third kappa shape index (κ3) is 3.65. The molecule has 3 aromatic carbocycles. The van der Waals surface area contributed by atoms with Gasteiger partial charge >= 0.3 is 0 Å². The average molecular weight is 359 g/mol. The predicted octanol–water partition coefficient (Wildman–Crippen LogP) is 4.29. The summed E-state index contributed by atoms with van der Waals surface area (Å²) in [6.07, 6.45) is 0. The number of nitrogens with one attached hydrogen (secondary N) is 1. The van der Waals surface area contributed by atoms with Crippen molar-refractivity contribution >= 4 is 5.91 Å². The zero-order valence-corrected chi connectivity index (χ0v) is 15.1. The molecule has 0 radical (unpaired) electrons. The van der Waals surface area contributed by atoms with E-state index in [1.165, 1.54) is 0 Å². The van der Waals surface area contributed by atoms with Crippen molar-refractivity contribution in [1.29, 1.82) is 0 Å². The van der Waals surface area contributed by atoms with Crippen LogP contribution in [-0.2, 0) is 0 Å². The maximum absolute atomic E-state index is 13.0. The molecule has 3 aromatic rings. The molecule has 1 aliphatic heterocycles. The predicted molar refractivity (Wildman–Crippen MR) is 104 cm³/mol.